The number of nitrogens with zero attached hydrogens (tertiary/aromatic N) is 2. The zero-order chi connectivity index (χ0) is 24.9. The molecule has 3 aromatic rings. The summed E-state index contributed by atoms with van der Waals surface area (Å²) in [6, 6.07) is 20.8. The van der Waals surface area contributed by atoms with Gasteiger partial charge in [0.25, 0.3) is 5.91 Å². The first-order valence-electron chi connectivity index (χ1n) is 11.9. The molecule has 0 bridgehead atoms. The Labute approximate surface area is 208 Å². The summed E-state index contributed by atoms with van der Waals surface area (Å²) in [4.78, 5) is 41.9. The molecule has 36 heavy (non-hydrogen) atoms. The van der Waals surface area contributed by atoms with Gasteiger partial charge >= 0.3 is 11.9 Å². The lowest BCUT2D eigenvalue weighted by Crippen LogP contribution is -2.24. The largest absolute Gasteiger partial charge is 0.458 e. The molecule has 2 aliphatic rings. The molecule has 4 atom stereocenters. The number of fused-ring (bicyclic) bond motifs is 1. The molecule has 1 amide bonds. The number of nitrogens with one attached hydrogen (secondary N) is 1. The minimum Gasteiger partial charge on any atom is -0.458 e. The van der Waals surface area contributed by atoms with Crippen molar-refractivity contribution in [3.63, 3.8) is 0 Å². The number of benzene rings is 2. The monoisotopic (exact) mass is 483 g/mol. The molecule has 1 heterocycles. The van der Waals surface area contributed by atoms with Gasteiger partial charge in [-0.2, -0.15) is 5.10 Å². The summed E-state index contributed by atoms with van der Waals surface area (Å²) in [5, 5.41) is 4.34. The lowest BCUT2D eigenvalue weighted by molar-refractivity contribution is 0.0139. The Morgan fingerprint density at radius 1 is 0.722 bits per heavy atom. The minimum absolute atomic E-state index is 0.0668. The van der Waals surface area contributed by atoms with Gasteiger partial charge in [-0.25, -0.2) is 15.0 Å². The maximum absolute atomic E-state index is 12.8. The number of carbonyl (C=O) groups is 3. The first-order valence-corrected chi connectivity index (χ1v) is 11.9. The van der Waals surface area contributed by atoms with Crippen molar-refractivity contribution in [3.8, 4) is 0 Å². The Balaban J connectivity index is 1.31. The number of pyridine rings is 1. The first kappa shape index (κ1) is 23.4. The molecular formula is C28H25N3O5. The fourth-order valence-electron chi connectivity index (χ4n) is 4.94. The molecule has 0 spiro atoms. The average molecular weight is 484 g/mol. The van der Waals surface area contributed by atoms with Crippen LogP contribution in [0.25, 0.3) is 0 Å². The number of hydrogen-bond acceptors (Lipinski definition) is 7. The summed E-state index contributed by atoms with van der Waals surface area (Å²) in [6.45, 7) is 0. The summed E-state index contributed by atoms with van der Waals surface area (Å²) >= 11 is 0. The topological polar surface area (TPSA) is 107 Å². The van der Waals surface area contributed by atoms with E-state index >= 15 is 0 Å². The van der Waals surface area contributed by atoms with Gasteiger partial charge in [-0.1, -0.05) is 36.4 Å². The first-order chi connectivity index (χ1) is 17.6. The molecule has 2 saturated carbocycles. The highest BCUT2D eigenvalue weighted by molar-refractivity contribution is 5.96. The van der Waals surface area contributed by atoms with Gasteiger partial charge in [0.05, 0.1) is 11.1 Å². The van der Waals surface area contributed by atoms with Gasteiger partial charge in [-0.3, -0.25) is 9.78 Å². The predicted molar refractivity (Wildman–Crippen MR) is 131 cm³/mol. The maximum Gasteiger partial charge on any atom is 0.338 e. The Morgan fingerprint density at radius 3 is 1.72 bits per heavy atom. The third-order valence-corrected chi connectivity index (χ3v) is 6.71. The van der Waals surface area contributed by atoms with Crippen molar-refractivity contribution in [1.29, 1.82) is 0 Å². The molecule has 1 aromatic heterocycles. The average Bonchev–Trinajstić information content (AvgIpc) is 3.48. The number of amides is 1. The third-order valence-electron chi connectivity index (χ3n) is 6.71. The second-order valence-electron chi connectivity index (χ2n) is 8.95. The number of hydrogen-bond donors (Lipinski definition) is 1. The van der Waals surface area contributed by atoms with Crippen molar-refractivity contribution in [2.75, 3.05) is 0 Å². The Hall–Kier alpha value is -4.33. The fourth-order valence-corrected chi connectivity index (χ4v) is 4.94. The zero-order valence-corrected chi connectivity index (χ0v) is 19.4. The van der Waals surface area contributed by atoms with Crippen LogP contribution in [0.3, 0.4) is 0 Å². The summed E-state index contributed by atoms with van der Waals surface area (Å²) in [5.74, 6) is -1.29. The highest BCUT2D eigenvalue weighted by Crippen LogP contribution is 2.46. The van der Waals surface area contributed by atoms with Crippen LogP contribution >= 0.6 is 0 Å². The molecule has 8 heteroatoms. The second kappa shape index (κ2) is 10.5. The van der Waals surface area contributed by atoms with Crippen LogP contribution in [-0.4, -0.2) is 40.7 Å². The highest BCUT2D eigenvalue weighted by atomic mass is 16.6. The quantitative estimate of drug-likeness (QED) is 0.419. The van der Waals surface area contributed by atoms with E-state index in [1.807, 2.05) is 12.1 Å². The van der Waals surface area contributed by atoms with Gasteiger partial charge in [0.15, 0.2) is 0 Å². The lowest BCUT2D eigenvalue weighted by Gasteiger charge is -2.18. The van der Waals surface area contributed by atoms with Gasteiger partial charge in [0.1, 0.15) is 12.2 Å². The van der Waals surface area contributed by atoms with Gasteiger partial charge in [-0.05, 0) is 49.2 Å². The van der Waals surface area contributed by atoms with Gasteiger partial charge in [0.2, 0.25) is 0 Å². The van der Waals surface area contributed by atoms with Crippen LogP contribution in [-0.2, 0) is 9.47 Å². The fraction of sp³-hybridized carbons (Fsp3) is 0.250. The van der Waals surface area contributed by atoms with Crippen LogP contribution in [0.5, 0.6) is 0 Å². The number of aromatic nitrogens is 1. The van der Waals surface area contributed by atoms with Gasteiger partial charge in [-0.15, -0.1) is 0 Å². The van der Waals surface area contributed by atoms with Gasteiger partial charge in [0, 0.05) is 41.9 Å². The van der Waals surface area contributed by atoms with E-state index in [0.29, 0.717) is 36.0 Å². The molecule has 2 aliphatic carbocycles. The standard InChI is InChI=1S/C28H25N3O5/c32-26(18-11-13-29-14-12-18)31-30-21-15-22-23(16-21)25(36-28(34)20-9-5-2-6-10-20)17-24(22)35-27(33)19-7-3-1-4-8-19/h1-14,22-25H,15-17H2,(H,31,32)/t22-,23+,24+,25-. The molecule has 2 aromatic carbocycles. The van der Waals surface area contributed by atoms with E-state index < -0.39 is 24.1 Å². The van der Waals surface area contributed by atoms with Crippen molar-refractivity contribution in [2.45, 2.75) is 31.5 Å². The molecule has 1 N–H and O–H groups in total. The van der Waals surface area contributed by atoms with Crippen molar-refractivity contribution in [2.24, 2.45) is 16.9 Å². The van der Waals surface area contributed by atoms with Crippen LogP contribution in [0.4, 0.5) is 0 Å². The van der Waals surface area contributed by atoms with Crippen LogP contribution in [0.1, 0.15) is 50.3 Å². The van der Waals surface area contributed by atoms with Crippen LogP contribution in [0.2, 0.25) is 0 Å². The smallest absolute Gasteiger partial charge is 0.338 e. The number of rotatable bonds is 6. The molecule has 5 rings (SSSR count). The van der Waals surface area contributed by atoms with Crippen LogP contribution in [0, 0.1) is 11.8 Å². The Kier molecular flexibility index (Phi) is 6.84. The summed E-state index contributed by atoms with van der Waals surface area (Å²) in [7, 11) is 0. The molecule has 2 fully saturated rings. The lowest BCUT2D eigenvalue weighted by atomic mass is 9.98. The molecule has 182 valence electrons. The van der Waals surface area contributed by atoms with Crippen molar-refractivity contribution in [1.82, 2.24) is 10.4 Å². The maximum atomic E-state index is 12.8. The summed E-state index contributed by atoms with van der Waals surface area (Å²) in [6.07, 6.45) is 3.71. The summed E-state index contributed by atoms with van der Waals surface area (Å²) in [5.41, 5.74) is 4.76. The molecule has 0 radical (unpaired) electrons. The van der Waals surface area contributed by atoms with Crippen LogP contribution in [0.15, 0.2) is 90.3 Å². The second-order valence-corrected chi connectivity index (χ2v) is 8.95. The van der Waals surface area contributed by atoms with E-state index in [2.05, 4.69) is 15.5 Å². The van der Waals surface area contributed by atoms with Crippen LogP contribution < -0.4 is 5.43 Å². The number of esters is 2. The normalized spacial score (nSPS) is 23.6. The molecule has 0 aliphatic heterocycles. The predicted octanol–water partition coefficient (Wildman–Crippen LogP) is 4.05. The van der Waals surface area contributed by atoms with Crippen molar-refractivity contribution >= 4 is 23.6 Å². The van der Waals surface area contributed by atoms with Crippen molar-refractivity contribution < 1.29 is 23.9 Å². The highest BCUT2D eigenvalue weighted by Gasteiger charge is 2.51. The summed E-state index contributed by atoms with van der Waals surface area (Å²) < 4.78 is 11.8. The molecule has 0 saturated heterocycles. The molecule has 8 nitrogen and oxygen atoms in total. The third kappa shape index (κ3) is 5.17. The Bertz CT molecular complexity index is 1190. The molecule has 0 unspecified atom stereocenters. The number of ether oxygens (including phenoxy) is 2. The minimum atomic E-state index is -0.431. The Morgan fingerprint density at radius 2 is 1.22 bits per heavy atom. The van der Waals surface area contributed by atoms with Crippen molar-refractivity contribution in [3.05, 3.63) is 102 Å². The van der Waals surface area contributed by atoms with E-state index in [-0.39, 0.29) is 17.7 Å². The van der Waals surface area contributed by atoms with E-state index in [9.17, 15) is 14.4 Å². The molecular weight excluding hydrogens is 458 g/mol. The van der Waals surface area contributed by atoms with E-state index in [0.717, 1.165) is 5.71 Å². The van der Waals surface area contributed by atoms with E-state index in [1.165, 1.54) is 0 Å². The number of carbonyl (C=O) groups excluding carboxylic acids is 3. The number of hydrazone groups is 1. The van der Waals surface area contributed by atoms with E-state index in [1.54, 1.807) is 73.1 Å². The van der Waals surface area contributed by atoms with E-state index in [4.69, 9.17) is 9.47 Å². The zero-order valence-electron chi connectivity index (χ0n) is 19.4. The van der Waals surface area contributed by atoms with Gasteiger partial charge < -0.3 is 9.47 Å². The SMILES string of the molecule is O=C(NN=C1C[C@@H]2[C@H](C1)[C@H](OC(=O)c1ccccc1)C[C@@H]2OC(=O)c1ccccc1)c1ccncc1.